The van der Waals surface area contributed by atoms with Crippen molar-refractivity contribution in [2.75, 3.05) is 38.3 Å². The van der Waals surface area contributed by atoms with E-state index >= 15 is 0 Å². The fourth-order valence-electron chi connectivity index (χ4n) is 2.63. The van der Waals surface area contributed by atoms with Crippen molar-refractivity contribution in [3.63, 3.8) is 0 Å². The first kappa shape index (κ1) is 24.8. The molecular formula is C19H20Cl3N3O3S2. The van der Waals surface area contributed by atoms with Gasteiger partial charge in [0.15, 0.2) is 15.0 Å². The van der Waals surface area contributed by atoms with Gasteiger partial charge in [-0.15, -0.1) is 12.4 Å². The monoisotopic (exact) mass is 507 g/mol. The number of rotatable bonds is 6. The van der Waals surface area contributed by atoms with Gasteiger partial charge in [0.05, 0.1) is 25.7 Å². The quantitative estimate of drug-likeness (QED) is 0.485. The largest absolute Gasteiger partial charge is 0.308 e. The third-order valence-corrected chi connectivity index (χ3v) is 6.90. The lowest BCUT2D eigenvalue weighted by Gasteiger charge is -2.22. The van der Waals surface area contributed by atoms with E-state index in [0.29, 0.717) is 38.5 Å². The van der Waals surface area contributed by atoms with Crippen molar-refractivity contribution in [2.24, 2.45) is 0 Å². The number of sulfone groups is 1. The molecule has 0 aliphatic heterocycles. The summed E-state index contributed by atoms with van der Waals surface area (Å²) in [5, 5.41) is 1.18. The van der Waals surface area contributed by atoms with E-state index in [-0.39, 0.29) is 28.8 Å². The van der Waals surface area contributed by atoms with Gasteiger partial charge in [-0.2, -0.15) is 0 Å². The van der Waals surface area contributed by atoms with Crippen LogP contribution in [0.15, 0.2) is 41.3 Å². The van der Waals surface area contributed by atoms with Crippen LogP contribution in [0.1, 0.15) is 10.4 Å². The van der Waals surface area contributed by atoms with Crippen LogP contribution in [0.25, 0.3) is 10.2 Å². The number of nitrogens with zero attached hydrogens (tertiary/aromatic N) is 3. The Balaban J connectivity index is 0.00000320. The molecular weight excluding hydrogens is 489 g/mol. The number of hydrogen-bond donors (Lipinski definition) is 0. The summed E-state index contributed by atoms with van der Waals surface area (Å²) in [6, 6.07) is 9.47. The van der Waals surface area contributed by atoms with Crippen molar-refractivity contribution < 1.29 is 13.2 Å². The maximum atomic E-state index is 13.3. The van der Waals surface area contributed by atoms with Crippen LogP contribution < -0.4 is 4.90 Å². The van der Waals surface area contributed by atoms with E-state index < -0.39 is 9.84 Å². The number of hydrogen-bond acceptors (Lipinski definition) is 6. The third kappa shape index (κ3) is 5.63. The van der Waals surface area contributed by atoms with Crippen LogP contribution in [0.5, 0.6) is 0 Å². The second kappa shape index (κ2) is 9.80. The van der Waals surface area contributed by atoms with Crippen molar-refractivity contribution in [3.05, 3.63) is 52.0 Å². The Morgan fingerprint density at radius 3 is 2.43 bits per heavy atom. The highest BCUT2D eigenvalue weighted by molar-refractivity contribution is 7.90. The number of likely N-dealkylation sites (N-methyl/N-ethyl adjacent to an activating group) is 1. The number of benzene rings is 2. The van der Waals surface area contributed by atoms with E-state index in [2.05, 4.69) is 4.98 Å². The van der Waals surface area contributed by atoms with E-state index in [1.165, 1.54) is 23.5 Å². The van der Waals surface area contributed by atoms with E-state index in [4.69, 9.17) is 23.2 Å². The average molecular weight is 509 g/mol. The highest BCUT2D eigenvalue weighted by Crippen LogP contribution is 2.32. The Labute approximate surface area is 195 Å². The molecule has 11 heteroatoms. The van der Waals surface area contributed by atoms with Crippen molar-refractivity contribution in [3.8, 4) is 0 Å². The molecule has 6 nitrogen and oxygen atoms in total. The van der Waals surface area contributed by atoms with Gasteiger partial charge in [-0.1, -0.05) is 34.5 Å². The molecule has 0 radical (unpaired) electrons. The number of thiazole rings is 1. The van der Waals surface area contributed by atoms with Gasteiger partial charge in [0.1, 0.15) is 0 Å². The Hall–Kier alpha value is -1.42. The van der Waals surface area contributed by atoms with E-state index in [0.717, 1.165) is 6.26 Å². The number of anilines is 1. The van der Waals surface area contributed by atoms with Gasteiger partial charge in [0.2, 0.25) is 0 Å². The number of carbonyl (C=O) groups is 1. The fraction of sp³-hybridized carbons (Fsp3) is 0.263. The summed E-state index contributed by atoms with van der Waals surface area (Å²) >= 11 is 13.5. The molecule has 3 aromatic rings. The molecule has 30 heavy (non-hydrogen) atoms. The zero-order valence-electron chi connectivity index (χ0n) is 16.4. The van der Waals surface area contributed by atoms with Crippen molar-refractivity contribution >= 4 is 78.0 Å². The maximum Gasteiger partial charge on any atom is 0.261 e. The first-order chi connectivity index (χ1) is 13.6. The van der Waals surface area contributed by atoms with Crippen LogP contribution in [0, 0.1) is 0 Å². The molecule has 162 valence electrons. The molecule has 0 unspecified atom stereocenters. The topological polar surface area (TPSA) is 70.6 Å². The Morgan fingerprint density at radius 1 is 1.10 bits per heavy atom. The molecule has 0 fully saturated rings. The Kier molecular flexibility index (Phi) is 8.12. The van der Waals surface area contributed by atoms with Gasteiger partial charge in [0, 0.05) is 24.4 Å². The van der Waals surface area contributed by atoms with E-state index in [1.807, 2.05) is 19.0 Å². The molecule has 2 aromatic carbocycles. The highest BCUT2D eigenvalue weighted by Gasteiger charge is 2.24. The maximum absolute atomic E-state index is 13.3. The molecule has 0 saturated heterocycles. The number of amides is 1. The molecule has 0 aliphatic rings. The normalized spacial score (nSPS) is 11.5. The summed E-state index contributed by atoms with van der Waals surface area (Å²) < 4.78 is 24.4. The first-order valence-electron chi connectivity index (χ1n) is 8.58. The van der Waals surface area contributed by atoms with Crippen molar-refractivity contribution in [2.45, 2.75) is 4.90 Å². The lowest BCUT2D eigenvalue weighted by Crippen LogP contribution is -2.36. The molecule has 1 heterocycles. The van der Waals surface area contributed by atoms with Crippen LogP contribution in [0.2, 0.25) is 10.0 Å². The van der Waals surface area contributed by atoms with Crippen LogP contribution in [-0.2, 0) is 9.84 Å². The summed E-state index contributed by atoms with van der Waals surface area (Å²) in [5.74, 6) is -0.318. The number of carbonyl (C=O) groups excluding carboxylic acids is 1. The minimum atomic E-state index is -3.34. The van der Waals surface area contributed by atoms with Gasteiger partial charge in [-0.3, -0.25) is 9.69 Å². The van der Waals surface area contributed by atoms with Crippen LogP contribution in [-0.4, -0.2) is 57.6 Å². The lowest BCUT2D eigenvalue weighted by molar-refractivity contribution is 0.0985. The zero-order valence-corrected chi connectivity index (χ0v) is 20.4. The second-order valence-corrected chi connectivity index (χ2v) is 10.7. The minimum absolute atomic E-state index is 0. The molecule has 0 atom stereocenters. The second-order valence-electron chi connectivity index (χ2n) is 6.78. The van der Waals surface area contributed by atoms with Crippen LogP contribution in [0.4, 0.5) is 5.13 Å². The summed E-state index contributed by atoms with van der Waals surface area (Å²) in [4.78, 5) is 21.5. The number of fused-ring (bicyclic) bond motifs is 1. The summed E-state index contributed by atoms with van der Waals surface area (Å²) in [6.07, 6.45) is 1.16. The summed E-state index contributed by atoms with van der Waals surface area (Å²) in [7, 11) is 0.480. The predicted molar refractivity (Wildman–Crippen MR) is 127 cm³/mol. The molecule has 0 saturated carbocycles. The number of aromatic nitrogens is 1. The molecule has 0 bridgehead atoms. The van der Waals surface area contributed by atoms with E-state index in [1.54, 1.807) is 29.2 Å². The van der Waals surface area contributed by atoms with Gasteiger partial charge in [-0.25, -0.2) is 13.4 Å². The molecule has 0 aliphatic carbocycles. The average Bonchev–Trinajstić information content (AvgIpc) is 3.05. The molecule has 3 rings (SSSR count). The number of halogens is 3. The zero-order chi connectivity index (χ0) is 21.3. The molecule has 0 N–H and O–H groups in total. The van der Waals surface area contributed by atoms with E-state index in [9.17, 15) is 13.2 Å². The Morgan fingerprint density at radius 2 is 1.80 bits per heavy atom. The van der Waals surface area contributed by atoms with Crippen molar-refractivity contribution in [1.82, 2.24) is 9.88 Å². The van der Waals surface area contributed by atoms with Gasteiger partial charge in [0.25, 0.3) is 5.91 Å². The van der Waals surface area contributed by atoms with Crippen LogP contribution in [0.3, 0.4) is 0 Å². The first-order valence-corrected chi connectivity index (χ1v) is 12.0. The van der Waals surface area contributed by atoms with Crippen molar-refractivity contribution in [1.29, 1.82) is 0 Å². The lowest BCUT2D eigenvalue weighted by atomic mass is 10.2. The minimum Gasteiger partial charge on any atom is -0.308 e. The highest BCUT2D eigenvalue weighted by atomic mass is 35.5. The summed E-state index contributed by atoms with van der Waals surface area (Å²) in [5.41, 5.74) is 0.909. The van der Waals surface area contributed by atoms with Crippen LogP contribution >= 0.6 is 46.9 Å². The molecule has 1 aromatic heterocycles. The van der Waals surface area contributed by atoms with Gasteiger partial charge >= 0.3 is 0 Å². The Bertz CT molecular complexity index is 1180. The standard InChI is InChI=1S/C19H19Cl2N3O3S2.ClH/c1-23(2)8-9-24(18(25)14-10-12(20)4-6-15(14)21)19-22-16-7-5-13(29(3,26)27)11-17(16)28-19;/h4-7,10-11H,8-9H2,1-3H3;1H. The third-order valence-electron chi connectivity index (χ3n) is 4.18. The fourth-order valence-corrected chi connectivity index (χ4v) is 4.75. The summed E-state index contributed by atoms with van der Waals surface area (Å²) in [6.45, 7) is 0.988. The van der Waals surface area contributed by atoms with Gasteiger partial charge < -0.3 is 4.90 Å². The SMILES string of the molecule is CN(C)CCN(C(=O)c1cc(Cl)ccc1Cl)c1nc2ccc(S(C)(=O)=O)cc2s1.Cl. The smallest absolute Gasteiger partial charge is 0.261 e. The molecule has 1 amide bonds. The predicted octanol–water partition coefficient (Wildman–Crippen LogP) is 4.64. The van der Waals surface area contributed by atoms with Gasteiger partial charge in [-0.05, 0) is 50.5 Å². The molecule has 0 spiro atoms.